The Morgan fingerprint density at radius 2 is 1.83 bits per heavy atom. The van der Waals surface area contributed by atoms with E-state index < -0.39 is 11.9 Å². The maximum Gasteiger partial charge on any atom is 0.251 e. The van der Waals surface area contributed by atoms with Gasteiger partial charge in [-0.25, -0.2) is 4.39 Å². The summed E-state index contributed by atoms with van der Waals surface area (Å²) in [5.41, 5.74) is 1.10. The summed E-state index contributed by atoms with van der Waals surface area (Å²) in [4.78, 5) is 16.4. The fourth-order valence-corrected chi connectivity index (χ4v) is 2.20. The van der Waals surface area contributed by atoms with E-state index in [0.717, 1.165) is 5.56 Å². The van der Waals surface area contributed by atoms with Gasteiger partial charge in [0.15, 0.2) is 0 Å². The molecule has 0 radical (unpaired) electrons. The van der Waals surface area contributed by atoms with E-state index in [9.17, 15) is 9.18 Å². The van der Waals surface area contributed by atoms with Gasteiger partial charge in [-0.2, -0.15) is 4.98 Å². The van der Waals surface area contributed by atoms with Gasteiger partial charge in [0.2, 0.25) is 11.7 Å². The summed E-state index contributed by atoms with van der Waals surface area (Å²) in [6.45, 7) is 1.72. The third-order valence-corrected chi connectivity index (χ3v) is 3.62. The highest BCUT2D eigenvalue weighted by atomic mass is 35.5. The standard InChI is InChI=1S/C17H13ClFN3O2/c1-10(20-16(23)12-4-8-14(19)9-5-12)17-21-15(22-24-17)11-2-6-13(18)7-3-11/h2-10H,1H3,(H,20,23)/t10-/m1/s1. The van der Waals surface area contributed by atoms with E-state index in [1.807, 2.05) is 0 Å². The number of rotatable bonds is 4. The molecule has 3 rings (SSSR count). The second-order valence-electron chi connectivity index (χ2n) is 5.17. The molecule has 3 aromatic rings. The van der Waals surface area contributed by atoms with Gasteiger partial charge in [-0.05, 0) is 55.5 Å². The fourth-order valence-electron chi connectivity index (χ4n) is 2.07. The van der Waals surface area contributed by atoms with E-state index in [4.69, 9.17) is 16.1 Å². The number of hydrogen-bond donors (Lipinski definition) is 1. The Labute approximate surface area is 142 Å². The molecule has 1 amide bonds. The van der Waals surface area contributed by atoms with E-state index >= 15 is 0 Å². The Hall–Kier alpha value is -2.73. The number of benzene rings is 2. The number of hydrogen-bond acceptors (Lipinski definition) is 4. The zero-order chi connectivity index (χ0) is 17.1. The van der Waals surface area contributed by atoms with Gasteiger partial charge in [0.1, 0.15) is 11.9 Å². The first-order valence-corrected chi connectivity index (χ1v) is 7.57. The van der Waals surface area contributed by atoms with Crippen LogP contribution in [0.4, 0.5) is 4.39 Å². The van der Waals surface area contributed by atoms with Gasteiger partial charge in [0.25, 0.3) is 5.91 Å². The van der Waals surface area contributed by atoms with E-state index in [1.54, 1.807) is 31.2 Å². The lowest BCUT2D eigenvalue weighted by molar-refractivity contribution is 0.0932. The van der Waals surface area contributed by atoms with Crippen LogP contribution in [0.15, 0.2) is 53.1 Å². The topological polar surface area (TPSA) is 68.0 Å². The Kier molecular flexibility index (Phi) is 4.57. The van der Waals surface area contributed by atoms with Crippen molar-refractivity contribution in [2.75, 3.05) is 0 Å². The van der Waals surface area contributed by atoms with Crippen molar-refractivity contribution in [1.29, 1.82) is 0 Å². The Morgan fingerprint density at radius 1 is 1.17 bits per heavy atom. The summed E-state index contributed by atoms with van der Waals surface area (Å²) >= 11 is 5.84. The lowest BCUT2D eigenvalue weighted by atomic mass is 10.2. The largest absolute Gasteiger partial charge is 0.341 e. The van der Waals surface area contributed by atoms with Crippen molar-refractivity contribution in [3.05, 3.63) is 70.8 Å². The summed E-state index contributed by atoms with van der Waals surface area (Å²) in [6.07, 6.45) is 0. The highest BCUT2D eigenvalue weighted by Gasteiger charge is 2.18. The van der Waals surface area contributed by atoms with Crippen LogP contribution in [0.5, 0.6) is 0 Å². The Balaban J connectivity index is 1.71. The molecule has 5 nitrogen and oxygen atoms in total. The van der Waals surface area contributed by atoms with Crippen molar-refractivity contribution in [3.63, 3.8) is 0 Å². The molecule has 0 saturated carbocycles. The average molecular weight is 346 g/mol. The molecule has 1 heterocycles. The highest BCUT2D eigenvalue weighted by Crippen LogP contribution is 2.20. The molecule has 0 unspecified atom stereocenters. The molecule has 0 aliphatic heterocycles. The first-order valence-electron chi connectivity index (χ1n) is 7.19. The van der Waals surface area contributed by atoms with Gasteiger partial charge in [-0.1, -0.05) is 16.8 Å². The van der Waals surface area contributed by atoms with Crippen LogP contribution in [0.25, 0.3) is 11.4 Å². The zero-order valence-corrected chi connectivity index (χ0v) is 13.4. The number of carbonyl (C=O) groups is 1. The predicted octanol–water partition coefficient (Wildman–Crippen LogP) is 4.02. The lowest BCUT2D eigenvalue weighted by Crippen LogP contribution is -2.26. The molecule has 0 saturated heterocycles. The molecular formula is C17H13ClFN3O2. The average Bonchev–Trinajstić information content (AvgIpc) is 3.06. The maximum atomic E-state index is 12.9. The second-order valence-corrected chi connectivity index (χ2v) is 5.60. The third kappa shape index (κ3) is 3.60. The normalized spacial score (nSPS) is 12.0. The SMILES string of the molecule is C[C@@H](NC(=O)c1ccc(F)cc1)c1nc(-c2ccc(Cl)cc2)no1. The minimum atomic E-state index is -0.490. The van der Waals surface area contributed by atoms with E-state index in [1.165, 1.54) is 24.3 Å². The van der Waals surface area contributed by atoms with E-state index in [2.05, 4.69) is 15.5 Å². The first kappa shape index (κ1) is 16.1. The van der Waals surface area contributed by atoms with Gasteiger partial charge >= 0.3 is 0 Å². The smallest absolute Gasteiger partial charge is 0.251 e. The Bertz CT molecular complexity index is 847. The molecule has 7 heteroatoms. The van der Waals surface area contributed by atoms with Gasteiger partial charge in [-0.3, -0.25) is 4.79 Å². The lowest BCUT2D eigenvalue weighted by Gasteiger charge is -2.09. The van der Waals surface area contributed by atoms with Crippen LogP contribution >= 0.6 is 11.6 Å². The van der Waals surface area contributed by atoms with Gasteiger partial charge in [-0.15, -0.1) is 0 Å². The molecule has 1 aromatic heterocycles. The van der Waals surface area contributed by atoms with Crippen LogP contribution < -0.4 is 5.32 Å². The van der Waals surface area contributed by atoms with E-state index in [-0.39, 0.29) is 11.8 Å². The molecule has 0 aliphatic rings. The quantitative estimate of drug-likeness (QED) is 0.775. The van der Waals surface area contributed by atoms with Gasteiger partial charge < -0.3 is 9.84 Å². The summed E-state index contributed by atoms with van der Waals surface area (Å²) < 4.78 is 18.1. The van der Waals surface area contributed by atoms with Crippen LogP contribution in [-0.4, -0.2) is 16.0 Å². The number of carbonyl (C=O) groups excluding carboxylic acids is 1. The van der Waals surface area contributed by atoms with E-state index in [0.29, 0.717) is 16.4 Å². The van der Waals surface area contributed by atoms with Crippen LogP contribution in [0.1, 0.15) is 29.2 Å². The zero-order valence-electron chi connectivity index (χ0n) is 12.7. The number of nitrogens with one attached hydrogen (secondary N) is 1. The molecule has 0 fully saturated rings. The van der Waals surface area contributed by atoms with Crippen molar-refractivity contribution < 1.29 is 13.7 Å². The van der Waals surface area contributed by atoms with Crippen molar-refractivity contribution in [1.82, 2.24) is 15.5 Å². The van der Waals surface area contributed by atoms with Crippen LogP contribution in [-0.2, 0) is 0 Å². The van der Waals surface area contributed by atoms with Gasteiger partial charge in [0.05, 0.1) is 0 Å². The minimum absolute atomic E-state index is 0.274. The summed E-state index contributed by atoms with van der Waals surface area (Å²) in [5.74, 6) is -0.0715. The molecule has 0 aliphatic carbocycles. The minimum Gasteiger partial charge on any atom is -0.341 e. The maximum absolute atomic E-state index is 12.9. The number of nitrogens with zero attached hydrogens (tertiary/aromatic N) is 2. The monoisotopic (exact) mass is 345 g/mol. The number of amides is 1. The summed E-state index contributed by atoms with van der Waals surface area (Å²) in [5, 5.41) is 7.24. The van der Waals surface area contributed by atoms with Crippen molar-refractivity contribution in [3.8, 4) is 11.4 Å². The molecule has 1 N–H and O–H groups in total. The molecule has 0 bridgehead atoms. The third-order valence-electron chi connectivity index (χ3n) is 3.37. The predicted molar refractivity (Wildman–Crippen MR) is 87.0 cm³/mol. The molecule has 122 valence electrons. The summed E-state index contributed by atoms with van der Waals surface area (Å²) in [7, 11) is 0. The van der Waals surface area contributed by atoms with Crippen LogP contribution in [0.3, 0.4) is 0 Å². The Morgan fingerprint density at radius 3 is 2.50 bits per heavy atom. The first-order chi connectivity index (χ1) is 11.5. The summed E-state index contributed by atoms with van der Waals surface area (Å²) in [6, 6.07) is 11.8. The molecule has 2 aromatic carbocycles. The molecular weight excluding hydrogens is 333 g/mol. The molecule has 0 spiro atoms. The molecule has 1 atom stereocenters. The number of halogens is 2. The number of aromatic nitrogens is 2. The van der Waals surface area contributed by atoms with Crippen molar-refractivity contribution in [2.45, 2.75) is 13.0 Å². The fraction of sp³-hybridized carbons (Fsp3) is 0.118. The van der Waals surface area contributed by atoms with Crippen LogP contribution in [0, 0.1) is 5.82 Å². The van der Waals surface area contributed by atoms with Gasteiger partial charge in [0, 0.05) is 16.1 Å². The second kappa shape index (κ2) is 6.80. The highest BCUT2D eigenvalue weighted by molar-refractivity contribution is 6.30. The van der Waals surface area contributed by atoms with Crippen LogP contribution in [0.2, 0.25) is 5.02 Å². The van der Waals surface area contributed by atoms with Crippen molar-refractivity contribution >= 4 is 17.5 Å². The molecule has 24 heavy (non-hydrogen) atoms. The van der Waals surface area contributed by atoms with Crippen molar-refractivity contribution in [2.24, 2.45) is 0 Å².